The normalized spacial score (nSPS) is 10.7. The highest BCUT2D eigenvalue weighted by Crippen LogP contribution is 2.37. The number of rotatable bonds is 8. The van der Waals surface area contributed by atoms with Gasteiger partial charge in [0.25, 0.3) is 0 Å². The number of nitrogens with one attached hydrogen (secondary N) is 1. The summed E-state index contributed by atoms with van der Waals surface area (Å²) in [6.07, 6.45) is 2.97. The van der Waals surface area contributed by atoms with Gasteiger partial charge in [-0.3, -0.25) is 4.79 Å². The number of carbonyl (C=O) groups excluding carboxylic acids is 1. The van der Waals surface area contributed by atoms with E-state index in [1.807, 2.05) is 19.9 Å². The molecule has 0 aliphatic heterocycles. The van der Waals surface area contributed by atoms with Gasteiger partial charge in [0.15, 0.2) is 11.5 Å². The Morgan fingerprint density at radius 3 is 2.55 bits per heavy atom. The molecule has 0 heterocycles. The average Bonchev–Trinajstić information content (AvgIpc) is 2.70. The maximum atomic E-state index is 12.3. The molecule has 2 rings (SSSR count). The van der Waals surface area contributed by atoms with E-state index in [1.54, 1.807) is 36.4 Å². The van der Waals surface area contributed by atoms with Crippen molar-refractivity contribution in [1.29, 1.82) is 5.26 Å². The van der Waals surface area contributed by atoms with Gasteiger partial charge in [-0.25, -0.2) is 0 Å². The SMILES string of the molecule is COc1ccc(C#N)cc1NC(=O)/C=C/c1cc(Cl)c(OCC(C)C)c(OC)c1. The number of benzene rings is 2. The molecule has 0 aliphatic rings. The van der Waals surface area contributed by atoms with Gasteiger partial charge in [-0.15, -0.1) is 0 Å². The molecule has 0 radical (unpaired) electrons. The molecule has 152 valence electrons. The Bertz CT molecular complexity index is 949. The van der Waals surface area contributed by atoms with Crippen LogP contribution in [0.5, 0.6) is 17.2 Å². The van der Waals surface area contributed by atoms with Crippen LogP contribution in [-0.2, 0) is 4.79 Å². The summed E-state index contributed by atoms with van der Waals surface area (Å²) in [6, 6.07) is 10.2. The molecule has 0 atom stereocenters. The van der Waals surface area contributed by atoms with E-state index in [-0.39, 0.29) is 5.91 Å². The predicted molar refractivity (Wildman–Crippen MR) is 114 cm³/mol. The number of carbonyl (C=O) groups is 1. The first-order chi connectivity index (χ1) is 13.9. The first kappa shape index (κ1) is 22.1. The molecule has 29 heavy (non-hydrogen) atoms. The van der Waals surface area contributed by atoms with E-state index in [1.165, 1.54) is 20.3 Å². The molecule has 0 aliphatic carbocycles. The Morgan fingerprint density at radius 1 is 1.21 bits per heavy atom. The first-order valence-electron chi connectivity index (χ1n) is 8.95. The molecule has 2 aromatic carbocycles. The summed E-state index contributed by atoms with van der Waals surface area (Å²) in [5.74, 6) is 1.38. The highest BCUT2D eigenvalue weighted by Gasteiger charge is 2.12. The van der Waals surface area contributed by atoms with Crippen molar-refractivity contribution in [2.24, 2.45) is 5.92 Å². The zero-order valence-corrected chi connectivity index (χ0v) is 17.5. The zero-order valence-electron chi connectivity index (χ0n) is 16.8. The van der Waals surface area contributed by atoms with Gasteiger partial charge in [0.1, 0.15) is 5.75 Å². The van der Waals surface area contributed by atoms with Crippen molar-refractivity contribution < 1.29 is 19.0 Å². The maximum Gasteiger partial charge on any atom is 0.248 e. The van der Waals surface area contributed by atoms with Crippen LogP contribution in [0.4, 0.5) is 5.69 Å². The lowest BCUT2D eigenvalue weighted by molar-refractivity contribution is -0.111. The number of amides is 1. The van der Waals surface area contributed by atoms with Crippen LogP contribution in [0, 0.1) is 17.2 Å². The summed E-state index contributed by atoms with van der Waals surface area (Å²) in [4.78, 5) is 12.3. The summed E-state index contributed by atoms with van der Waals surface area (Å²) in [5.41, 5.74) is 1.50. The molecular formula is C22H23ClN2O4. The third-order valence-electron chi connectivity index (χ3n) is 3.83. The van der Waals surface area contributed by atoms with Gasteiger partial charge >= 0.3 is 0 Å². The second-order valence-corrected chi connectivity index (χ2v) is 7.00. The van der Waals surface area contributed by atoms with Gasteiger partial charge in [-0.1, -0.05) is 25.4 Å². The molecule has 0 aromatic heterocycles. The molecule has 6 nitrogen and oxygen atoms in total. The van der Waals surface area contributed by atoms with E-state index >= 15 is 0 Å². The van der Waals surface area contributed by atoms with Gasteiger partial charge in [0.2, 0.25) is 5.91 Å². The lowest BCUT2D eigenvalue weighted by Crippen LogP contribution is -2.09. The third-order valence-corrected chi connectivity index (χ3v) is 4.11. The van der Waals surface area contributed by atoms with Gasteiger partial charge in [-0.2, -0.15) is 5.26 Å². The Labute approximate surface area is 175 Å². The summed E-state index contributed by atoms with van der Waals surface area (Å²) < 4.78 is 16.3. The fourth-order valence-electron chi connectivity index (χ4n) is 2.45. The summed E-state index contributed by atoms with van der Waals surface area (Å²) in [5, 5.41) is 12.1. The summed E-state index contributed by atoms with van der Waals surface area (Å²) in [7, 11) is 3.02. The lowest BCUT2D eigenvalue weighted by Gasteiger charge is -2.14. The monoisotopic (exact) mass is 414 g/mol. The summed E-state index contributed by atoms with van der Waals surface area (Å²) in [6.45, 7) is 4.59. The third kappa shape index (κ3) is 6.16. The Balaban J connectivity index is 2.18. The smallest absolute Gasteiger partial charge is 0.248 e. The number of hydrogen-bond donors (Lipinski definition) is 1. The first-order valence-corrected chi connectivity index (χ1v) is 9.33. The van der Waals surface area contributed by atoms with Crippen LogP contribution < -0.4 is 19.5 Å². The van der Waals surface area contributed by atoms with Crippen LogP contribution in [0.1, 0.15) is 25.0 Å². The molecule has 1 amide bonds. The minimum atomic E-state index is -0.381. The van der Waals surface area contributed by atoms with E-state index in [2.05, 4.69) is 5.32 Å². The van der Waals surface area contributed by atoms with Crippen LogP contribution in [0.3, 0.4) is 0 Å². The van der Waals surface area contributed by atoms with Crippen LogP contribution in [0.2, 0.25) is 5.02 Å². The second kappa shape index (κ2) is 10.4. The Morgan fingerprint density at radius 2 is 1.93 bits per heavy atom. The van der Waals surface area contributed by atoms with Crippen molar-refractivity contribution in [2.75, 3.05) is 26.1 Å². The van der Waals surface area contributed by atoms with Crippen LogP contribution in [0.25, 0.3) is 6.08 Å². The topological polar surface area (TPSA) is 80.6 Å². The highest BCUT2D eigenvalue weighted by atomic mass is 35.5. The van der Waals surface area contributed by atoms with Gasteiger partial charge in [0.05, 0.1) is 43.2 Å². The predicted octanol–water partition coefficient (Wildman–Crippen LogP) is 4.92. The van der Waals surface area contributed by atoms with Crippen molar-refractivity contribution in [3.63, 3.8) is 0 Å². The molecule has 0 saturated heterocycles. The number of anilines is 1. The quantitative estimate of drug-likeness (QED) is 0.620. The molecule has 0 unspecified atom stereocenters. The van der Waals surface area contributed by atoms with Crippen molar-refractivity contribution in [3.05, 3.63) is 52.6 Å². The number of methoxy groups -OCH3 is 2. The molecule has 0 bridgehead atoms. The molecular weight excluding hydrogens is 392 g/mol. The molecule has 7 heteroatoms. The van der Waals surface area contributed by atoms with Crippen LogP contribution in [0.15, 0.2) is 36.4 Å². The van der Waals surface area contributed by atoms with Crippen molar-refractivity contribution in [1.82, 2.24) is 0 Å². The Kier molecular flexibility index (Phi) is 7.93. The number of ether oxygens (including phenoxy) is 3. The standard InChI is InChI=1S/C22H23ClN2O4/c1-14(2)13-29-22-17(23)9-15(11-20(22)28-4)6-8-21(26)25-18-10-16(12-24)5-7-19(18)27-3/h5-11,14H,13H2,1-4H3,(H,25,26)/b8-6+. The highest BCUT2D eigenvalue weighted by molar-refractivity contribution is 6.32. The van der Waals surface area contributed by atoms with Gasteiger partial charge in [-0.05, 0) is 47.9 Å². The molecule has 0 fully saturated rings. The number of nitrogens with zero attached hydrogens (tertiary/aromatic N) is 1. The number of hydrogen-bond acceptors (Lipinski definition) is 5. The van der Waals surface area contributed by atoms with E-state index in [0.717, 1.165) is 0 Å². The van der Waals surface area contributed by atoms with Crippen molar-refractivity contribution >= 4 is 29.3 Å². The Hall–Kier alpha value is -3.17. The largest absolute Gasteiger partial charge is 0.495 e. The van der Waals surface area contributed by atoms with Crippen molar-refractivity contribution in [2.45, 2.75) is 13.8 Å². The zero-order chi connectivity index (χ0) is 21.4. The van der Waals surface area contributed by atoms with E-state index in [0.29, 0.717) is 51.6 Å². The van der Waals surface area contributed by atoms with Gasteiger partial charge < -0.3 is 19.5 Å². The van der Waals surface area contributed by atoms with E-state index < -0.39 is 0 Å². The van der Waals surface area contributed by atoms with E-state index in [9.17, 15) is 4.79 Å². The average molecular weight is 415 g/mol. The van der Waals surface area contributed by atoms with E-state index in [4.69, 9.17) is 31.1 Å². The lowest BCUT2D eigenvalue weighted by atomic mass is 10.1. The maximum absolute atomic E-state index is 12.3. The number of halogens is 1. The summed E-state index contributed by atoms with van der Waals surface area (Å²) >= 11 is 6.33. The van der Waals surface area contributed by atoms with Gasteiger partial charge in [0, 0.05) is 6.08 Å². The fraction of sp³-hybridized carbons (Fsp3) is 0.273. The minimum absolute atomic E-state index is 0.343. The van der Waals surface area contributed by atoms with Crippen LogP contribution >= 0.6 is 11.6 Å². The van der Waals surface area contributed by atoms with Crippen LogP contribution in [-0.4, -0.2) is 26.7 Å². The second-order valence-electron chi connectivity index (χ2n) is 6.59. The molecule has 0 spiro atoms. The molecule has 0 saturated carbocycles. The number of nitriles is 1. The minimum Gasteiger partial charge on any atom is -0.495 e. The molecule has 1 N–H and O–H groups in total. The molecule has 2 aromatic rings. The van der Waals surface area contributed by atoms with Crippen molar-refractivity contribution in [3.8, 4) is 23.3 Å². The fourth-order valence-corrected chi connectivity index (χ4v) is 2.72.